The highest BCUT2D eigenvalue weighted by Crippen LogP contribution is 2.30. The second-order valence-electron chi connectivity index (χ2n) is 5.16. The molecule has 4 nitrogen and oxygen atoms in total. The molecule has 1 aromatic rings. The smallest absolute Gasteiger partial charge is 0.316 e. The molecular formula is C16H22O4. The van der Waals surface area contributed by atoms with Crippen molar-refractivity contribution in [2.45, 2.75) is 25.2 Å². The predicted octanol–water partition coefficient (Wildman–Crippen LogP) is 2.31. The van der Waals surface area contributed by atoms with E-state index in [0.717, 1.165) is 18.4 Å². The van der Waals surface area contributed by atoms with Crippen molar-refractivity contribution in [3.8, 4) is 0 Å². The molecule has 4 heteroatoms. The van der Waals surface area contributed by atoms with Crippen molar-refractivity contribution < 1.29 is 19.0 Å². The van der Waals surface area contributed by atoms with Crippen molar-refractivity contribution in [3.63, 3.8) is 0 Å². The first-order valence-electron chi connectivity index (χ1n) is 7.12. The Morgan fingerprint density at radius 3 is 2.35 bits per heavy atom. The Balaban J connectivity index is 2.14. The fraction of sp³-hybridized carbons (Fsp3) is 0.562. The Hall–Kier alpha value is -1.39. The van der Waals surface area contributed by atoms with Gasteiger partial charge in [0.2, 0.25) is 0 Å². The van der Waals surface area contributed by atoms with Crippen LogP contribution in [0.2, 0.25) is 0 Å². The molecule has 0 aliphatic carbocycles. The first-order valence-corrected chi connectivity index (χ1v) is 7.12. The van der Waals surface area contributed by atoms with E-state index < -0.39 is 5.41 Å². The topological polar surface area (TPSA) is 44.8 Å². The molecule has 1 aliphatic rings. The van der Waals surface area contributed by atoms with Crippen molar-refractivity contribution in [2.75, 3.05) is 33.0 Å². The van der Waals surface area contributed by atoms with Crippen LogP contribution in [0.1, 0.15) is 25.3 Å². The van der Waals surface area contributed by atoms with Gasteiger partial charge in [-0.1, -0.05) is 30.3 Å². The molecule has 0 aromatic heterocycles. The largest absolute Gasteiger partial charge is 0.463 e. The maximum Gasteiger partial charge on any atom is 0.316 e. The van der Waals surface area contributed by atoms with E-state index in [1.807, 2.05) is 37.3 Å². The molecule has 1 aliphatic heterocycles. The minimum Gasteiger partial charge on any atom is -0.463 e. The van der Waals surface area contributed by atoms with Crippen LogP contribution in [0.3, 0.4) is 0 Å². The van der Waals surface area contributed by atoms with Gasteiger partial charge in [0.15, 0.2) is 0 Å². The zero-order chi connectivity index (χ0) is 14.3. The van der Waals surface area contributed by atoms with Gasteiger partial charge in [0, 0.05) is 6.61 Å². The van der Waals surface area contributed by atoms with Gasteiger partial charge in [0.05, 0.1) is 25.2 Å². The van der Waals surface area contributed by atoms with Gasteiger partial charge in [0.1, 0.15) is 6.61 Å². The number of ether oxygens (including phenoxy) is 3. The van der Waals surface area contributed by atoms with E-state index in [0.29, 0.717) is 33.0 Å². The summed E-state index contributed by atoms with van der Waals surface area (Å²) in [5.74, 6) is -0.187. The number of cyclic esters (lactones) is 1. The Morgan fingerprint density at radius 2 is 1.60 bits per heavy atom. The van der Waals surface area contributed by atoms with Crippen LogP contribution in [0.4, 0.5) is 0 Å². The zero-order valence-electron chi connectivity index (χ0n) is 12.0. The van der Waals surface area contributed by atoms with Crippen molar-refractivity contribution in [1.82, 2.24) is 0 Å². The van der Waals surface area contributed by atoms with E-state index >= 15 is 0 Å². The van der Waals surface area contributed by atoms with Crippen molar-refractivity contribution in [2.24, 2.45) is 0 Å². The summed E-state index contributed by atoms with van der Waals surface area (Å²) < 4.78 is 16.2. The molecule has 1 heterocycles. The van der Waals surface area contributed by atoms with Crippen LogP contribution >= 0.6 is 0 Å². The Bertz CT molecular complexity index is 418. The van der Waals surface area contributed by atoms with Crippen LogP contribution in [0.15, 0.2) is 30.3 Å². The molecule has 1 unspecified atom stereocenters. The van der Waals surface area contributed by atoms with E-state index in [-0.39, 0.29) is 5.97 Å². The van der Waals surface area contributed by atoms with Crippen molar-refractivity contribution in [3.05, 3.63) is 35.9 Å². The van der Waals surface area contributed by atoms with E-state index in [9.17, 15) is 4.79 Å². The fourth-order valence-corrected chi connectivity index (χ4v) is 2.37. The summed E-state index contributed by atoms with van der Waals surface area (Å²) in [6.07, 6.45) is 1.54. The second-order valence-corrected chi connectivity index (χ2v) is 5.16. The Labute approximate surface area is 120 Å². The van der Waals surface area contributed by atoms with Gasteiger partial charge < -0.3 is 14.2 Å². The van der Waals surface area contributed by atoms with E-state index in [4.69, 9.17) is 14.2 Å². The normalized spacial score (nSPS) is 26.1. The molecule has 1 saturated heterocycles. The minimum atomic E-state index is -0.621. The molecule has 0 spiro atoms. The zero-order valence-corrected chi connectivity index (χ0v) is 12.0. The number of esters is 1. The maximum atomic E-state index is 12.4. The summed E-state index contributed by atoms with van der Waals surface area (Å²) in [7, 11) is 0. The third-order valence-electron chi connectivity index (χ3n) is 3.66. The van der Waals surface area contributed by atoms with Crippen LogP contribution in [0.5, 0.6) is 0 Å². The average Bonchev–Trinajstić information content (AvgIpc) is 2.48. The molecule has 0 saturated carbocycles. The highest BCUT2D eigenvalue weighted by molar-refractivity contribution is 5.82. The average molecular weight is 278 g/mol. The van der Waals surface area contributed by atoms with Gasteiger partial charge in [-0.2, -0.15) is 0 Å². The third-order valence-corrected chi connectivity index (χ3v) is 3.66. The lowest BCUT2D eigenvalue weighted by Crippen LogP contribution is -2.35. The van der Waals surface area contributed by atoms with Gasteiger partial charge in [-0.15, -0.1) is 0 Å². The van der Waals surface area contributed by atoms with Crippen LogP contribution < -0.4 is 0 Å². The van der Waals surface area contributed by atoms with Crippen molar-refractivity contribution >= 4 is 5.97 Å². The highest BCUT2D eigenvalue weighted by atomic mass is 16.6. The van der Waals surface area contributed by atoms with Crippen LogP contribution in [0, 0.1) is 0 Å². The van der Waals surface area contributed by atoms with Gasteiger partial charge in [-0.3, -0.25) is 4.79 Å². The molecule has 20 heavy (non-hydrogen) atoms. The maximum absolute atomic E-state index is 12.4. The number of rotatable bonds is 1. The molecule has 2 rings (SSSR count). The summed E-state index contributed by atoms with van der Waals surface area (Å²) in [5, 5.41) is 0. The molecule has 110 valence electrons. The van der Waals surface area contributed by atoms with E-state index in [2.05, 4.69) is 0 Å². The summed E-state index contributed by atoms with van der Waals surface area (Å²) >= 11 is 0. The number of carbonyl (C=O) groups excluding carboxylic acids is 1. The van der Waals surface area contributed by atoms with Crippen LogP contribution in [-0.2, 0) is 24.4 Å². The Morgan fingerprint density at radius 1 is 0.950 bits per heavy atom. The molecule has 0 N–H and O–H groups in total. The second kappa shape index (κ2) is 7.41. The summed E-state index contributed by atoms with van der Waals surface area (Å²) in [4.78, 5) is 12.4. The lowest BCUT2D eigenvalue weighted by Gasteiger charge is -2.28. The number of hydrogen-bond acceptors (Lipinski definition) is 4. The number of hydrogen-bond donors (Lipinski definition) is 0. The molecule has 1 aromatic carbocycles. The van der Waals surface area contributed by atoms with E-state index in [1.54, 1.807) is 0 Å². The molecule has 1 atom stereocenters. The van der Waals surface area contributed by atoms with Crippen molar-refractivity contribution in [1.29, 1.82) is 0 Å². The van der Waals surface area contributed by atoms with Gasteiger partial charge in [-0.25, -0.2) is 0 Å². The molecule has 0 radical (unpaired) electrons. The SMILES string of the molecule is CC1(c2ccccc2)CCCOCCOCCOC1=O. The first kappa shape index (κ1) is 15.0. The van der Waals surface area contributed by atoms with Crippen LogP contribution in [-0.4, -0.2) is 39.0 Å². The fourth-order valence-electron chi connectivity index (χ4n) is 2.37. The molecular weight excluding hydrogens is 256 g/mol. The third kappa shape index (κ3) is 3.81. The Kier molecular flexibility index (Phi) is 5.56. The molecule has 1 fully saturated rings. The minimum absolute atomic E-state index is 0.187. The van der Waals surface area contributed by atoms with Gasteiger partial charge in [-0.05, 0) is 25.3 Å². The van der Waals surface area contributed by atoms with E-state index in [1.165, 1.54) is 0 Å². The summed E-state index contributed by atoms with van der Waals surface area (Å²) in [6.45, 7) is 4.43. The highest BCUT2D eigenvalue weighted by Gasteiger charge is 2.36. The lowest BCUT2D eigenvalue weighted by molar-refractivity contribution is -0.152. The number of carbonyl (C=O) groups is 1. The first-order chi connectivity index (χ1) is 9.73. The summed E-state index contributed by atoms with van der Waals surface area (Å²) in [5.41, 5.74) is 0.368. The monoisotopic (exact) mass is 278 g/mol. The predicted molar refractivity (Wildman–Crippen MR) is 75.6 cm³/mol. The number of benzene rings is 1. The summed E-state index contributed by atoms with van der Waals surface area (Å²) in [6, 6.07) is 9.80. The van der Waals surface area contributed by atoms with Crippen LogP contribution in [0.25, 0.3) is 0 Å². The van der Waals surface area contributed by atoms with Gasteiger partial charge in [0.25, 0.3) is 0 Å². The van der Waals surface area contributed by atoms with Gasteiger partial charge >= 0.3 is 5.97 Å². The molecule has 0 bridgehead atoms. The lowest BCUT2D eigenvalue weighted by atomic mass is 9.78. The molecule has 0 amide bonds. The quantitative estimate of drug-likeness (QED) is 0.740. The standard InChI is InChI=1S/C16H22O4/c1-16(14-6-3-2-4-7-14)8-5-9-18-10-11-19-12-13-20-15(16)17/h2-4,6-7H,5,8-13H2,1H3.